The second-order valence-corrected chi connectivity index (χ2v) is 9.56. The highest BCUT2D eigenvalue weighted by Crippen LogP contribution is 2.32. The Labute approximate surface area is 176 Å². The van der Waals surface area contributed by atoms with Crippen LogP contribution in [-0.2, 0) is 14.6 Å². The summed E-state index contributed by atoms with van der Waals surface area (Å²) >= 11 is 0. The molecule has 2 fully saturated rings. The molecule has 0 saturated carbocycles. The first-order valence-electron chi connectivity index (χ1n) is 10.0. The summed E-state index contributed by atoms with van der Waals surface area (Å²) in [6.07, 6.45) is 5.49. The molecule has 0 N–H and O–H groups in total. The maximum atomic E-state index is 12.7. The normalized spacial score (nSPS) is 18.4. The van der Waals surface area contributed by atoms with Crippen molar-refractivity contribution in [3.63, 3.8) is 0 Å². The number of anilines is 1. The highest BCUT2D eigenvalue weighted by molar-refractivity contribution is 7.90. The van der Waals surface area contributed by atoms with Gasteiger partial charge in [0.05, 0.1) is 25.1 Å². The number of pyridine rings is 1. The van der Waals surface area contributed by atoms with Crippen LogP contribution in [0.25, 0.3) is 0 Å². The number of rotatable bonds is 4. The molecule has 2 aromatic rings. The molecule has 4 heterocycles. The molecule has 1 amide bonds. The zero-order valence-electron chi connectivity index (χ0n) is 16.9. The van der Waals surface area contributed by atoms with E-state index in [-0.39, 0.29) is 16.7 Å². The Balaban J connectivity index is 1.55. The van der Waals surface area contributed by atoms with Crippen LogP contribution in [0.2, 0.25) is 0 Å². The standard InChI is InChI=1S/C20H25N5O4S/c1-30(27,28)17-14-22-20(25-10-12-29-13-11-25)23-18(17)15-5-8-24(9-6-15)19(26)16-4-2-3-7-21-16/h2-4,7,14-15H,5-6,8-13H2,1H3. The summed E-state index contributed by atoms with van der Waals surface area (Å²) in [5.74, 6) is 0.382. The predicted molar refractivity (Wildman–Crippen MR) is 110 cm³/mol. The van der Waals surface area contributed by atoms with Gasteiger partial charge in [0.2, 0.25) is 5.95 Å². The van der Waals surface area contributed by atoms with Crippen LogP contribution in [-0.4, -0.2) is 79.8 Å². The molecule has 0 aliphatic carbocycles. The van der Waals surface area contributed by atoms with Gasteiger partial charge in [0.15, 0.2) is 9.84 Å². The number of morpholine rings is 1. The van der Waals surface area contributed by atoms with Crippen molar-refractivity contribution >= 4 is 21.7 Å². The summed E-state index contributed by atoms with van der Waals surface area (Å²) in [7, 11) is -3.46. The summed E-state index contributed by atoms with van der Waals surface area (Å²) in [5, 5.41) is 0. The molecular weight excluding hydrogens is 406 g/mol. The number of piperidine rings is 1. The summed E-state index contributed by atoms with van der Waals surface area (Å²) in [5.41, 5.74) is 0.975. The van der Waals surface area contributed by atoms with Crippen LogP contribution in [0.3, 0.4) is 0 Å². The molecule has 0 atom stereocenters. The number of carbonyl (C=O) groups excluding carboxylic acids is 1. The van der Waals surface area contributed by atoms with Crippen molar-refractivity contribution in [3.8, 4) is 0 Å². The molecule has 2 aliphatic heterocycles. The van der Waals surface area contributed by atoms with Gasteiger partial charge in [-0.25, -0.2) is 18.4 Å². The largest absolute Gasteiger partial charge is 0.378 e. The average molecular weight is 432 g/mol. The van der Waals surface area contributed by atoms with Gasteiger partial charge in [0, 0.05) is 44.5 Å². The van der Waals surface area contributed by atoms with Crippen LogP contribution in [0.5, 0.6) is 0 Å². The van der Waals surface area contributed by atoms with E-state index >= 15 is 0 Å². The van der Waals surface area contributed by atoms with E-state index in [0.717, 1.165) is 0 Å². The van der Waals surface area contributed by atoms with Crippen LogP contribution < -0.4 is 4.90 Å². The Morgan fingerprint density at radius 2 is 1.83 bits per heavy atom. The third-order valence-corrected chi connectivity index (χ3v) is 6.63. The first-order chi connectivity index (χ1) is 14.4. The van der Waals surface area contributed by atoms with Crippen LogP contribution in [0.4, 0.5) is 5.95 Å². The fraction of sp³-hybridized carbons (Fsp3) is 0.500. The van der Waals surface area contributed by atoms with Crippen LogP contribution in [0.15, 0.2) is 35.5 Å². The highest BCUT2D eigenvalue weighted by atomic mass is 32.2. The molecule has 30 heavy (non-hydrogen) atoms. The number of nitrogens with zero attached hydrogens (tertiary/aromatic N) is 5. The van der Waals surface area contributed by atoms with E-state index in [0.29, 0.717) is 69.6 Å². The topological polar surface area (TPSA) is 106 Å². The van der Waals surface area contributed by atoms with Gasteiger partial charge in [-0.3, -0.25) is 9.78 Å². The second kappa shape index (κ2) is 8.65. The number of sulfone groups is 1. The zero-order chi connectivity index (χ0) is 21.1. The van der Waals surface area contributed by atoms with Gasteiger partial charge in [-0.05, 0) is 25.0 Å². The molecule has 0 bridgehead atoms. The van der Waals surface area contributed by atoms with Gasteiger partial charge in [-0.1, -0.05) is 6.07 Å². The summed E-state index contributed by atoms with van der Waals surface area (Å²) in [4.78, 5) is 29.7. The number of amides is 1. The molecule has 2 saturated heterocycles. The molecular formula is C20H25N5O4S. The lowest BCUT2D eigenvalue weighted by atomic mass is 9.93. The minimum Gasteiger partial charge on any atom is -0.378 e. The van der Waals surface area contributed by atoms with Crippen molar-refractivity contribution in [1.29, 1.82) is 0 Å². The van der Waals surface area contributed by atoms with Gasteiger partial charge in [-0.15, -0.1) is 0 Å². The van der Waals surface area contributed by atoms with E-state index in [1.807, 2.05) is 4.90 Å². The first-order valence-corrected chi connectivity index (χ1v) is 11.9. The molecule has 160 valence electrons. The predicted octanol–water partition coefficient (Wildman–Crippen LogP) is 1.13. The van der Waals surface area contributed by atoms with E-state index in [9.17, 15) is 13.2 Å². The Bertz CT molecular complexity index is 1000. The van der Waals surface area contributed by atoms with Gasteiger partial charge in [0.1, 0.15) is 10.6 Å². The Morgan fingerprint density at radius 1 is 1.10 bits per heavy atom. The van der Waals surface area contributed by atoms with Gasteiger partial charge in [0.25, 0.3) is 5.91 Å². The molecule has 0 spiro atoms. The first kappa shape index (κ1) is 20.7. The average Bonchev–Trinajstić information content (AvgIpc) is 2.79. The monoisotopic (exact) mass is 431 g/mol. The molecule has 2 aromatic heterocycles. The number of aromatic nitrogens is 3. The third-order valence-electron chi connectivity index (χ3n) is 5.52. The van der Waals surface area contributed by atoms with E-state index in [4.69, 9.17) is 4.74 Å². The molecule has 2 aliphatic rings. The van der Waals surface area contributed by atoms with Gasteiger partial charge < -0.3 is 14.5 Å². The van der Waals surface area contributed by atoms with Crippen molar-refractivity contribution in [3.05, 3.63) is 42.0 Å². The number of likely N-dealkylation sites (tertiary alicyclic amines) is 1. The molecule has 10 heteroatoms. The fourth-order valence-corrected chi connectivity index (χ4v) is 4.71. The van der Waals surface area contributed by atoms with Crippen molar-refractivity contribution in [2.24, 2.45) is 0 Å². The molecule has 9 nitrogen and oxygen atoms in total. The second-order valence-electron chi connectivity index (χ2n) is 7.57. The number of carbonyl (C=O) groups is 1. The maximum Gasteiger partial charge on any atom is 0.272 e. The zero-order valence-corrected chi connectivity index (χ0v) is 17.7. The lowest BCUT2D eigenvalue weighted by Crippen LogP contribution is -2.39. The van der Waals surface area contributed by atoms with E-state index in [1.54, 1.807) is 29.3 Å². The molecule has 0 radical (unpaired) electrons. The van der Waals surface area contributed by atoms with Crippen molar-refractivity contribution in [1.82, 2.24) is 19.9 Å². The highest BCUT2D eigenvalue weighted by Gasteiger charge is 2.30. The minimum absolute atomic E-state index is 0.0506. The van der Waals surface area contributed by atoms with Crippen LogP contribution in [0, 0.1) is 0 Å². The molecule has 4 rings (SSSR count). The van der Waals surface area contributed by atoms with Crippen LogP contribution >= 0.6 is 0 Å². The molecule has 0 unspecified atom stereocenters. The van der Waals surface area contributed by atoms with Crippen LogP contribution in [0.1, 0.15) is 34.9 Å². The molecule has 0 aromatic carbocycles. The SMILES string of the molecule is CS(=O)(=O)c1cnc(N2CCOCC2)nc1C1CCN(C(=O)c2ccccn2)CC1. The Morgan fingerprint density at radius 3 is 2.47 bits per heavy atom. The quantitative estimate of drug-likeness (QED) is 0.709. The summed E-state index contributed by atoms with van der Waals surface area (Å²) < 4.78 is 30.1. The number of hydrogen-bond donors (Lipinski definition) is 0. The third kappa shape index (κ3) is 4.44. The van der Waals surface area contributed by atoms with Crippen molar-refractivity contribution < 1.29 is 17.9 Å². The number of hydrogen-bond acceptors (Lipinski definition) is 8. The van der Waals surface area contributed by atoms with E-state index in [1.165, 1.54) is 12.5 Å². The minimum atomic E-state index is -3.46. The number of ether oxygens (including phenoxy) is 1. The fourth-order valence-electron chi connectivity index (χ4n) is 3.88. The smallest absolute Gasteiger partial charge is 0.272 e. The summed E-state index contributed by atoms with van der Waals surface area (Å²) in [6.45, 7) is 3.60. The lowest BCUT2D eigenvalue weighted by molar-refractivity contribution is 0.0705. The Kier molecular flexibility index (Phi) is 5.96. The van der Waals surface area contributed by atoms with Gasteiger partial charge in [-0.2, -0.15) is 0 Å². The summed E-state index contributed by atoms with van der Waals surface area (Å²) in [6, 6.07) is 5.27. The maximum absolute atomic E-state index is 12.7. The lowest BCUT2D eigenvalue weighted by Gasteiger charge is -2.33. The van der Waals surface area contributed by atoms with E-state index in [2.05, 4.69) is 15.0 Å². The van der Waals surface area contributed by atoms with E-state index < -0.39 is 9.84 Å². The van der Waals surface area contributed by atoms with Crippen molar-refractivity contribution in [2.45, 2.75) is 23.7 Å². The Hall–Kier alpha value is -2.59. The van der Waals surface area contributed by atoms with Gasteiger partial charge >= 0.3 is 0 Å². The van der Waals surface area contributed by atoms with Crippen molar-refractivity contribution in [2.75, 3.05) is 50.5 Å².